The van der Waals surface area contributed by atoms with E-state index in [1.54, 1.807) is 6.08 Å². The highest BCUT2D eigenvalue weighted by Gasteiger charge is 2.42. The molecule has 1 aliphatic carbocycles. The van der Waals surface area contributed by atoms with Crippen molar-refractivity contribution >= 4 is 5.57 Å². The van der Waals surface area contributed by atoms with Gasteiger partial charge in [-0.1, -0.05) is 42.5 Å². The summed E-state index contributed by atoms with van der Waals surface area (Å²) in [5.41, 5.74) is 0.465. The highest BCUT2D eigenvalue weighted by atomic mass is 16.7. The lowest BCUT2D eigenvalue weighted by atomic mass is 9.92. The van der Waals surface area contributed by atoms with Gasteiger partial charge in [-0.25, -0.2) is 0 Å². The van der Waals surface area contributed by atoms with Gasteiger partial charge in [0.15, 0.2) is 0 Å². The summed E-state index contributed by atoms with van der Waals surface area (Å²) < 4.78 is 5.07. The van der Waals surface area contributed by atoms with E-state index in [0.29, 0.717) is 0 Å². The molecule has 0 amide bonds. The Bertz CT molecular complexity index is 479. The molecule has 0 spiro atoms. The summed E-state index contributed by atoms with van der Waals surface area (Å²) in [4.78, 5) is 10.7. The van der Waals surface area contributed by atoms with Crippen LogP contribution in [0.4, 0.5) is 0 Å². The SMILES string of the molecule is COC1([N+](=O)[O-])C=CC=C(c2ccccc2)C1. The molecule has 0 N–H and O–H groups in total. The molecule has 0 aliphatic heterocycles. The largest absolute Gasteiger partial charge is 0.348 e. The predicted molar refractivity (Wildman–Crippen MR) is 64.9 cm³/mol. The summed E-state index contributed by atoms with van der Waals surface area (Å²) in [5.74, 6) is 0. The van der Waals surface area contributed by atoms with Crippen molar-refractivity contribution < 1.29 is 9.66 Å². The molecule has 1 aliphatic rings. The van der Waals surface area contributed by atoms with Crippen molar-refractivity contribution in [3.63, 3.8) is 0 Å². The van der Waals surface area contributed by atoms with Crippen LogP contribution in [0.3, 0.4) is 0 Å². The molecule has 0 saturated heterocycles. The fourth-order valence-electron chi connectivity index (χ4n) is 1.90. The van der Waals surface area contributed by atoms with Crippen LogP contribution >= 0.6 is 0 Å². The molecule has 88 valence electrons. The quantitative estimate of drug-likeness (QED) is 0.456. The first-order chi connectivity index (χ1) is 8.18. The Morgan fingerprint density at radius 1 is 1.35 bits per heavy atom. The van der Waals surface area contributed by atoms with E-state index in [0.717, 1.165) is 11.1 Å². The first kappa shape index (κ1) is 11.5. The van der Waals surface area contributed by atoms with Crippen LogP contribution in [0.5, 0.6) is 0 Å². The maximum absolute atomic E-state index is 11.1. The maximum atomic E-state index is 11.1. The van der Waals surface area contributed by atoms with E-state index in [-0.39, 0.29) is 11.3 Å². The van der Waals surface area contributed by atoms with Crippen LogP contribution in [0, 0.1) is 10.1 Å². The monoisotopic (exact) mass is 231 g/mol. The van der Waals surface area contributed by atoms with Gasteiger partial charge in [0, 0.05) is 13.2 Å². The second-order valence-electron chi connectivity index (χ2n) is 3.90. The van der Waals surface area contributed by atoms with E-state index in [1.807, 2.05) is 36.4 Å². The zero-order valence-electron chi connectivity index (χ0n) is 9.50. The predicted octanol–water partition coefficient (Wildman–Crippen LogP) is 2.65. The number of allylic oxidation sites excluding steroid dienone is 2. The second kappa shape index (κ2) is 4.51. The molecule has 0 bridgehead atoms. The topological polar surface area (TPSA) is 52.4 Å². The number of rotatable bonds is 3. The molecule has 0 heterocycles. The van der Waals surface area contributed by atoms with Crippen LogP contribution in [0.25, 0.3) is 5.57 Å². The van der Waals surface area contributed by atoms with Crippen LogP contribution in [-0.2, 0) is 4.74 Å². The first-order valence-corrected chi connectivity index (χ1v) is 5.31. The number of ether oxygens (including phenoxy) is 1. The molecule has 4 nitrogen and oxygen atoms in total. The second-order valence-corrected chi connectivity index (χ2v) is 3.90. The third-order valence-electron chi connectivity index (χ3n) is 2.90. The molecule has 2 rings (SSSR count). The first-order valence-electron chi connectivity index (χ1n) is 5.31. The van der Waals surface area contributed by atoms with Gasteiger partial charge in [0.2, 0.25) is 0 Å². The van der Waals surface area contributed by atoms with Crippen LogP contribution in [-0.4, -0.2) is 17.8 Å². The van der Waals surface area contributed by atoms with Gasteiger partial charge < -0.3 is 4.74 Å². The number of hydrogen-bond acceptors (Lipinski definition) is 3. The maximum Gasteiger partial charge on any atom is 0.348 e. The van der Waals surface area contributed by atoms with Crippen LogP contribution in [0.1, 0.15) is 12.0 Å². The van der Waals surface area contributed by atoms with E-state index in [9.17, 15) is 10.1 Å². The van der Waals surface area contributed by atoms with Gasteiger partial charge in [0.1, 0.15) is 0 Å². The van der Waals surface area contributed by atoms with Crippen LogP contribution < -0.4 is 0 Å². The lowest BCUT2D eigenvalue weighted by Crippen LogP contribution is -2.39. The summed E-state index contributed by atoms with van der Waals surface area (Å²) in [7, 11) is 1.36. The Morgan fingerprint density at radius 2 is 2.06 bits per heavy atom. The molecule has 17 heavy (non-hydrogen) atoms. The average Bonchev–Trinajstić information content (AvgIpc) is 2.39. The minimum Gasteiger partial charge on any atom is -0.315 e. The zero-order valence-corrected chi connectivity index (χ0v) is 9.50. The van der Waals surface area contributed by atoms with Crippen molar-refractivity contribution in [2.75, 3.05) is 7.11 Å². The van der Waals surface area contributed by atoms with Crippen molar-refractivity contribution in [2.45, 2.75) is 12.1 Å². The fraction of sp³-hybridized carbons (Fsp3) is 0.231. The Kier molecular flexibility index (Phi) is 3.06. The molecule has 0 radical (unpaired) electrons. The van der Waals surface area contributed by atoms with E-state index < -0.39 is 5.72 Å². The van der Waals surface area contributed by atoms with Crippen molar-refractivity contribution in [2.24, 2.45) is 0 Å². The summed E-state index contributed by atoms with van der Waals surface area (Å²) in [5, 5.41) is 11.1. The van der Waals surface area contributed by atoms with Crippen molar-refractivity contribution in [3.05, 3.63) is 64.2 Å². The standard InChI is InChI=1S/C13H13NO3/c1-17-13(14(15)16)9-5-8-12(10-13)11-6-3-2-4-7-11/h2-9H,10H2,1H3. The van der Waals surface area contributed by atoms with Gasteiger partial charge in [-0.2, -0.15) is 0 Å². The Hall–Kier alpha value is -1.94. The third kappa shape index (κ3) is 2.12. The molecular formula is C13H13NO3. The van der Waals surface area contributed by atoms with Crippen molar-refractivity contribution in [3.8, 4) is 0 Å². The molecule has 1 aromatic carbocycles. The van der Waals surface area contributed by atoms with Gasteiger partial charge in [-0.3, -0.25) is 10.1 Å². The Labute approximate surface area is 99.4 Å². The summed E-state index contributed by atoms with van der Waals surface area (Å²) >= 11 is 0. The molecule has 1 aromatic rings. The highest BCUT2D eigenvalue weighted by Crippen LogP contribution is 2.32. The van der Waals surface area contributed by atoms with Crippen LogP contribution in [0.15, 0.2) is 48.6 Å². The fourth-order valence-corrected chi connectivity index (χ4v) is 1.90. The lowest BCUT2D eigenvalue weighted by molar-refractivity contribution is -0.609. The van der Waals surface area contributed by atoms with Gasteiger partial charge in [-0.15, -0.1) is 0 Å². The third-order valence-corrected chi connectivity index (χ3v) is 2.90. The number of hydrogen-bond donors (Lipinski definition) is 0. The molecule has 0 aromatic heterocycles. The summed E-state index contributed by atoms with van der Waals surface area (Å²) in [6.07, 6.45) is 5.30. The van der Waals surface area contributed by atoms with E-state index in [4.69, 9.17) is 4.74 Å². The summed E-state index contributed by atoms with van der Waals surface area (Å²) in [6.45, 7) is 0. The number of nitrogens with zero attached hydrogens (tertiary/aromatic N) is 1. The van der Waals surface area contributed by atoms with Gasteiger partial charge in [-0.05, 0) is 11.1 Å². The van der Waals surface area contributed by atoms with Crippen molar-refractivity contribution in [1.29, 1.82) is 0 Å². The average molecular weight is 231 g/mol. The Morgan fingerprint density at radius 3 is 2.65 bits per heavy atom. The molecule has 0 saturated carbocycles. The number of nitro groups is 1. The molecule has 4 heteroatoms. The molecule has 1 unspecified atom stereocenters. The molecular weight excluding hydrogens is 218 g/mol. The smallest absolute Gasteiger partial charge is 0.315 e. The van der Waals surface area contributed by atoms with Gasteiger partial charge in [0.05, 0.1) is 11.3 Å². The normalized spacial score (nSPS) is 23.2. The highest BCUT2D eigenvalue weighted by molar-refractivity contribution is 5.69. The lowest BCUT2D eigenvalue weighted by Gasteiger charge is -2.23. The molecule has 0 fully saturated rings. The minimum atomic E-state index is -1.43. The van der Waals surface area contributed by atoms with Gasteiger partial charge in [0.25, 0.3) is 0 Å². The van der Waals surface area contributed by atoms with Gasteiger partial charge >= 0.3 is 5.72 Å². The number of methoxy groups -OCH3 is 1. The minimum absolute atomic E-state index is 0.247. The molecule has 1 atom stereocenters. The van der Waals surface area contributed by atoms with E-state index >= 15 is 0 Å². The Balaban J connectivity index is 2.32. The number of benzene rings is 1. The van der Waals surface area contributed by atoms with E-state index in [2.05, 4.69) is 0 Å². The van der Waals surface area contributed by atoms with Crippen LogP contribution in [0.2, 0.25) is 0 Å². The van der Waals surface area contributed by atoms with E-state index in [1.165, 1.54) is 13.2 Å². The van der Waals surface area contributed by atoms with Crippen molar-refractivity contribution in [1.82, 2.24) is 0 Å². The zero-order chi connectivity index (χ0) is 12.3. The summed E-state index contributed by atoms with van der Waals surface area (Å²) in [6, 6.07) is 9.61.